The number of rotatable bonds is 5. The van der Waals surface area contributed by atoms with Crippen molar-refractivity contribution in [1.29, 1.82) is 0 Å². The zero-order chi connectivity index (χ0) is 9.52. The summed E-state index contributed by atoms with van der Waals surface area (Å²) in [7, 11) is 0. The number of nitrogens with one attached hydrogen (secondary N) is 1. The fourth-order valence-corrected chi connectivity index (χ4v) is 1.85. The number of hydrogen-bond donors (Lipinski definition) is 2. The predicted octanol–water partition coefficient (Wildman–Crippen LogP) is 1.12. The third-order valence-electron chi connectivity index (χ3n) is 2.61. The van der Waals surface area contributed by atoms with Gasteiger partial charge in [-0.3, -0.25) is 4.79 Å². The maximum atomic E-state index is 10.2. The predicted molar refractivity (Wildman–Crippen MR) is 58.9 cm³/mol. The molecule has 1 aliphatic carbocycles. The summed E-state index contributed by atoms with van der Waals surface area (Å²) < 4.78 is 0. The molecule has 0 amide bonds. The molecule has 1 saturated carbocycles. The van der Waals surface area contributed by atoms with E-state index in [0.717, 1.165) is 13.0 Å². The Balaban J connectivity index is 0.00000169. The first kappa shape index (κ1) is 14.4. The molecule has 1 aliphatic rings. The zero-order valence-corrected chi connectivity index (χ0v) is 8.09. The Labute approximate surface area is 108 Å². The Kier molecular flexibility index (Phi) is 8.98. The number of carboxylic acids is 1. The van der Waals surface area contributed by atoms with Crippen LogP contribution in [0.5, 0.6) is 0 Å². The molecule has 0 radical (unpaired) electrons. The molecule has 0 aliphatic heterocycles. The first-order valence-corrected chi connectivity index (χ1v) is 5.24. The third kappa shape index (κ3) is 6.82. The van der Waals surface area contributed by atoms with Gasteiger partial charge in [0.15, 0.2) is 0 Å². The van der Waals surface area contributed by atoms with Gasteiger partial charge < -0.3 is 10.4 Å². The summed E-state index contributed by atoms with van der Waals surface area (Å²) in [6.45, 7) is 0.858. The summed E-state index contributed by atoms with van der Waals surface area (Å²) >= 11 is 0. The van der Waals surface area contributed by atoms with Gasteiger partial charge in [-0.25, -0.2) is 0 Å². The summed E-state index contributed by atoms with van der Waals surface area (Å²) in [5.74, 6) is -0.689. The molecule has 2 N–H and O–H groups in total. The molecule has 0 saturated heterocycles. The normalized spacial score (nSPS) is 17.4. The average Bonchev–Trinajstić information content (AvgIpc) is 2.14. The molecule has 0 spiro atoms. The van der Waals surface area contributed by atoms with Gasteiger partial charge in [0.05, 0.1) is 0 Å². The van der Waals surface area contributed by atoms with Crippen molar-refractivity contribution in [2.45, 2.75) is 51.0 Å². The van der Waals surface area contributed by atoms with Crippen LogP contribution < -0.4 is 5.32 Å². The summed E-state index contributed by atoms with van der Waals surface area (Å²) in [4.78, 5) is 10.2. The Bertz CT molecular complexity index is 158. The van der Waals surface area contributed by atoms with Gasteiger partial charge in [-0.05, 0) is 25.8 Å². The Morgan fingerprint density at radius 2 is 1.93 bits per heavy atom. The van der Waals surface area contributed by atoms with Crippen LogP contribution in [0.25, 0.3) is 0 Å². The number of hydrogen-bond acceptors (Lipinski definition) is 2. The van der Waals surface area contributed by atoms with Crippen LogP contribution in [0.1, 0.15) is 44.9 Å². The van der Waals surface area contributed by atoms with Crippen LogP contribution in [-0.2, 0) is 4.79 Å². The molecule has 3 nitrogen and oxygen atoms in total. The molecule has 0 aromatic heterocycles. The number of carboxylic acid groups (broad SMARTS) is 1. The fraction of sp³-hybridized carbons (Fsp3) is 0.900. The van der Waals surface area contributed by atoms with E-state index >= 15 is 0 Å². The van der Waals surface area contributed by atoms with E-state index in [4.69, 9.17) is 5.11 Å². The topological polar surface area (TPSA) is 49.3 Å². The molecular weight excluding hydrogens is 189 g/mol. The van der Waals surface area contributed by atoms with Crippen molar-refractivity contribution in [3.63, 3.8) is 0 Å². The maximum absolute atomic E-state index is 10.2. The van der Waals surface area contributed by atoms with Crippen LogP contribution >= 0.6 is 0 Å². The van der Waals surface area contributed by atoms with Crippen molar-refractivity contribution in [3.8, 4) is 0 Å². The minimum atomic E-state index is -0.689. The molecule has 0 atom stereocenters. The number of aliphatic carboxylic acids is 1. The van der Waals surface area contributed by atoms with Gasteiger partial charge >= 0.3 is 35.5 Å². The first-order chi connectivity index (χ1) is 6.29. The van der Waals surface area contributed by atoms with Crippen LogP contribution in [0.3, 0.4) is 0 Å². The second-order valence-corrected chi connectivity index (χ2v) is 3.79. The van der Waals surface area contributed by atoms with Gasteiger partial charge in [0.25, 0.3) is 0 Å². The average molecular weight is 209 g/mol. The summed E-state index contributed by atoms with van der Waals surface area (Å²) in [6.07, 6.45) is 7.62. The second kappa shape index (κ2) is 8.72. The zero-order valence-electron chi connectivity index (χ0n) is 8.09. The van der Waals surface area contributed by atoms with E-state index in [2.05, 4.69) is 5.32 Å². The monoisotopic (exact) mass is 209 g/mol. The molecule has 1 rings (SSSR count). The van der Waals surface area contributed by atoms with Gasteiger partial charge in [-0.1, -0.05) is 19.3 Å². The van der Waals surface area contributed by atoms with E-state index in [1.165, 1.54) is 32.1 Å². The van der Waals surface area contributed by atoms with E-state index in [1.807, 2.05) is 0 Å². The standard InChI is InChI=1S/C10H19NO2.Na.H/c12-10(13)7-4-8-11-9-5-2-1-3-6-9;;/h9,11H,1-8H2,(H,12,13);;. The van der Waals surface area contributed by atoms with E-state index in [1.54, 1.807) is 0 Å². The molecule has 0 heterocycles. The van der Waals surface area contributed by atoms with Gasteiger partial charge in [0.1, 0.15) is 0 Å². The summed E-state index contributed by atoms with van der Waals surface area (Å²) in [6, 6.07) is 0.655. The van der Waals surface area contributed by atoms with E-state index in [9.17, 15) is 4.79 Å². The van der Waals surface area contributed by atoms with Gasteiger partial charge in [0, 0.05) is 12.5 Å². The molecule has 78 valence electrons. The van der Waals surface area contributed by atoms with E-state index in [-0.39, 0.29) is 29.6 Å². The Morgan fingerprint density at radius 3 is 2.50 bits per heavy atom. The minimum absolute atomic E-state index is 0. The number of carbonyl (C=O) groups is 1. The first-order valence-electron chi connectivity index (χ1n) is 5.24. The van der Waals surface area contributed by atoms with E-state index < -0.39 is 5.97 Å². The van der Waals surface area contributed by atoms with E-state index in [0.29, 0.717) is 12.5 Å². The van der Waals surface area contributed by atoms with Crippen LogP contribution in [-0.4, -0.2) is 53.2 Å². The fourth-order valence-electron chi connectivity index (χ4n) is 1.85. The second-order valence-electron chi connectivity index (χ2n) is 3.79. The van der Waals surface area contributed by atoms with Crippen molar-refractivity contribution in [2.24, 2.45) is 0 Å². The summed E-state index contributed by atoms with van der Waals surface area (Å²) in [5, 5.41) is 11.8. The molecule has 0 unspecified atom stereocenters. The SMILES string of the molecule is O=C(O)CCCNC1CCCCC1.[NaH]. The molecule has 0 aromatic carbocycles. The molecule has 14 heavy (non-hydrogen) atoms. The van der Waals surface area contributed by atoms with Crippen LogP contribution in [0.15, 0.2) is 0 Å². The Hall–Kier alpha value is 0.430. The third-order valence-corrected chi connectivity index (χ3v) is 2.61. The van der Waals surface area contributed by atoms with Gasteiger partial charge in [-0.15, -0.1) is 0 Å². The van der Waals surface area contributed by atoms with Crippen LogP contribution in [0, 0.1) is 0 Å². The van der Waals surface area contributed by atoms with Crippen LogP contribution in [0.2, 0.25) is 0 Å². The Morgan fingerprint density at radius 1 is 1.29 bits per heavy atom. The van der Waals surface area contributed by atoms with Gasteiger partial charge in [0.2, 0.25) is 0 Å². The molecule has 0 aromatic rings. The molecule has 0 bridgehead atoms. The van der Waals surface area contributed by atoms with Crippen molar-refractivity contribution < 1.29 is 9.90 Å². The molecular formula is C10H20NNaO2. The quantitative estimate of drug-likeness (QED) is 0.527. The molecule has 4 heteroatoms. The van der Waals surface area contributed by atoms with Crippen molar-refractivity contribution >= 4 is 35.5 Å². The van der Waals surface area contributed by atoms with Gasteiger partial charge in [-0.2, -0.15) is 0 Å². The van der Waals surface area contributed by atoms with Crippen LogP contribution in [0.4, 0.5) is 0 Å². The van der Waals surface area contributed by atoms with Crippen molar-refractivity contribution in [3.05, 3.63) is 0 Å². The van der Waals surface area contributed by atoms with Crippen molar-refractivity contribution in [1.82, 2.24) is 5.32 Å². The van der Waals surface area contributed by atoms with Crippen molar-refractivity contribution in [2.75, 3.05) is 6.54 Å². The summed E-state index contributed by atoms with van der Waals surface area (Å²) in [5.41, 5.74) is 0. The molecule has 1 fully saturated rings.